The van der Waals surface area contributed by atoms with Gasteiger partial charge in [-0.3, -0.25) is 15.2 Å². The molecule has 1 amide bonds. The minimum Gasteiger partial charge on any atom is -0.497 e. The molecular weight excluding hydrogens is 646 g/mol. The first-order valence-electron chi connectivity index (χ1n) is 14.2. The smallest absolute Gasteiger partial charge is 0.339 e. The number of benzene rings is 4. The number of anilines is 3. The van der Waals surface area contributed by atoms with Gasteiger partial charge in [-0.2, -0.15) is 0 Å². The van der Waals surface area contributed by atoms with Gasteiger partial charge in [-0.15, -0.1) is 12.4 Å². The maximum atomic E-state index is 13.6. The summed E-state index contributed by atoms with van der Waals surface area (Å²) in [6, 6.07) is 27.1. The molecule has 0 spiro atoms. The van der Waals surface area contributed by atoms with Crippen molar-refractivity contribution in [3.63, 3.8) is 0 Å². The Labute approximate surface area is 272 Å². The highest BCUT2D eigenvalue weighted by atomic mass is 79.9. The van der Waals surface area contributed by atoms with Crippen molar-refractivity contribution < 1.29 is 24.2 Å². The summed E-state index contributed by atoms with van der Waals surface area (Å²) in [5.74, 6) is -0.379. The average Bonchev–Trinajstić information content (AvgIpc) is 3.05. The summed E-state index contributed by atoms with van der Waals surface area (Å²) in [5, 5.41) is 11.4. The molecule has 1 aliphatic rings. The van der Waals surface area contributed by atoms with Crippen LogP contribution in [0.25, 0.3) is 11.1 Å². The molecule has 0 bridgehead atoms. The molecule has 10 heteroatoms. The zero-order chi connectivity index (χ0) is 30.3. The van der Waals surface area contributed by atoms with E-state index < -0.39 is 5.97 Å². The average molecular weight is 681 g/mol. The lowest BCUT2D eigenvalue weighted by atomic mass is 10.0. The number of nitrogens with one attached hydrogen (secondary N) is 1. The van der Waals surface area contributed by atoms with Gasteiger partial charge in [0.2, 0.25) is 5.91 Å². The van der Waals surface area contributed by atoms with Crippen molar-refractivity contribution in [1.29, 1.82) is 0 Å². The second-order valence-electron chi connectivity index (χ2n) is 10.3. The van der Waals surface area contributed by atoms with Gasteiger partial charge in [0, 0.05) is 17.6 Å². The second-order valence-corrected chi connectivity index (χ2v) is 11.2. The van der Waals surface area contributed by atoms with Crippen LogP contribution in [-0.4, -0.2) is 44.3 Å². The number of piperidine rings is 1. The highest BCUT2D eigenvalue weighted by Crippen LogP contribution is 2.36. The van der Waals surface area contributed by atoms with Gasteiger partial charge in [0.15, 0.2) is 0 Å². The minimum absolute atomic E-state index is 0. The summed E-state index contributed by atoms with van der Waals surface area (Å²) in [5.41, 5.74) is 8.57. The molecule has 1 fully saturated rings. The summed E-state index contributed by atoms with van der Waals surface area (Å²) in [4.78, 5) is 27.6. The van der Waals surface area contributed by atoms with Crippen LogP contribution < -0.4 is 24.8 Å². The van der Waals surface area contributed by atoms with E-state index in [0.29, 0.717) is 10.0 Å². The first-order chi connectivity index (χ1) is 20.9. The molecule has 1 saturated heterocycles. The van der Waals surface area contributed by atoms with Crippen molar-refractivity contribution in [2.45, 2.75) is 25.7 Å². The van der Waals surface area contributed by atoms with Crippen molar-refractivity contribution in [3.8, 4) is 22.6 Å². The van der Waals surface area contributed by atoms with Gasteiger partial charge in [0.25, 0.3) is 0 Å². The van der Waals surface area contributed by atoms with Crippen molar-refractivity contribution >= 4 is 57.3 Å². The quantitative estimate of drug-likeness (QED) is 0.166. The highest BCUT2D eigenvalue weighted by Gasteiger charge is 2.22. The first kappa shape index (κ1) is 32.7. The van der Waals surface area contributed by atoms with E-state index in [1.807, 2.05) is 71.7 Å². The number of methoxy groups -OCH3 is 2. The van der Waals surface area contributed by atoms with E-state index in [0.717, 1.165) is 59.9 Å². The summed E-state index contributed by atoms with van der Waals surface area (Å²) in [6.45, 7) is 1.91. The molecule has 0 aliphatic carbocycles. The number of aromatic carboxylic acids is 1. The summed E-state index contributed by atoms with van der Waals surface area (Å²) in [7, 11) is 3.06. The Kier molecular flexibility index (Phi) is 11.1. The number of para-hydroxylation sites is 2. The van der Waals surface area contributed by atoms with E-state index in [4.69, 9.17) is 9.47 Å². The predicted molar refractivity (Wildman–Crippen MR) is 180 cm³/mol. The second kappa shape index (κ2) is 15.0. The highest BCUT2D eigenvalue weighted by molar-refractivity contribution is 9.10. The van der Waals surface area contributed by atoms with E-state index in [1.165, 1.54) is 19.6 Å². The van der Waals surface area contributed by atoms with Crippen LogP contribution in [0.2, 0.25) is 0 Å². The number of hydrazine groups is 1. The molecule has 0 atom stereocenters. The van der Waals surface area contributed by atoms with Crippen LogP contribution in [-0.2, 0) is 11.2 Å². The fourth-order valence-corrected chi connectivity index (χ4v) is 5.79. The first-order valence-corrected chi connectivity index (χ1v) is 14.9. The van der Waals surface area contributed by atoms with E-state index in [2.05, 4.69) is 32.3 Å². The van der Waals surface area contributed by atoms with E-state index in [-0.39, 0.29) is 36.0 Å². The third-order valence-corrected chi connectivity index (χ3v) is 8.29. The Balaban J connectivity index is 0.00000442. The summed E-state index contributed by atoms with van der Waals surface area (Å²) < 4.78 is 11.1. The molecule has 1 heterocycles. The molecule has 8 nitrogen and oxygen atoms in total. The van der Waals surface area contributed by atoms with Crippen LogP contribution in [0, 0.1) is 0 Å². The lowest BCUT2D eigenvalue weighted by Gasteiger charge is -2.34. The third-order valence-electron chi connectivity index (χ3n) is 7.55. The van der Waals surface area contributed by atoms with Crippen LogP contribution >= 0.6 is 28.3 Å². The Hall–Kier alpha value is -4.21. The third kappa shape index (κ3) is 7.46. The normalized spacial score (nSPS) is 12.6. The summed E-state index contributed by atoms with van der Waals surface area (Å²) >= 11 is 3.44. The topological polar surface area (TPSA) is 91.3 Å². The van der Waals surface area contributed by atoms with Gasteiger partial charge in [-0.05, 0) is 84.5 Å². The lowest BCUT2D eigenvalue weighted by molar-refractivity contribution is -0.120. The van der Waals surface area contributed by atoms with Gasteiger partial charge in [0.1, 0.15) is 17.1 Å². The van der Waals surface area contributed by atoms with Crippen molar-refractivity contribution in [3.05, 3.63) is 101 Å². The Morgan fingerprint density at radius 2 is 1.52 bits per heavy atom. The van der Waals surface area contributed by atoms with Crippen LogP contribution in [0.3, 0.4) is 0 Å². The molecule has 2 N–H and O–H groups in total. The fourth-order valence-electron chi connectivity index (χ4n) is 5.31. The number of hydrogen-bond donors (Lipinski definition) is 2. The Bertz CT molecular complexity index is 1590. The predicted octanol–water partition coefficient (Wildman–Crippen LogP) is 7.66. The SMILES string of the molecule is COc1ccc(-c2ccc(N(NC(=O)Cc3cc(OC)c(C(=O)O)cc3Br)c3ccccc3N3CCCCC3)cc2)cc1.Cl. The van der Waals surface area contributed by atoms with Crippen molar-refractivity contribution in [2.75, 3.05) is 37.2 Å². The molecule has 5 rings (SSSR count). The molecule has 1 aliphatic heterocycles. The number of amides is 1. The number of carbonyl (C=O) groups is 2. The van der Waals surface area contributed by atoms with E-state index in [1.54, 1.807) is 13.2 Å². The number of rotatable bonds is 10. The van der Waals surface area contributed by atoms with Crippen LogP contribution in [0.15, 0.2) is 89.4 Å². The van der Waals surface area contributed by atoms with E-state index >= 15 is 0 Å². The van der Waals surface area contributed by atoms with Gasteiger partial charge in [-0.1, -0.05) is 52.3 Å². The molecule has 4 aromatic carbocycles. The molecule has 4 aromatic rings. The standard InChI is InChI=1S/C34H34BrN3O5.ClH/c1-42-27-16-12-24(13-17-27)23-10-14-26(15-11-23)38(31-9-5-4-8-30(31)37-18-6-3-7-19-37)36-33(39)21-25-20-32(43-2)28(34(40)41)22-29(25)35;/h4-5,8-17,20,22H,3,6-7,18-19,21H2,1-2H3,(H,36,39)(H,40,41);1H. The molecule has 230 valence electrons. The van der Waals surface area contributed by atoms with Gasteiger partial charge in [-0.25, -0.2) is 4.79 Å². The number of hydrogen-bond acceptors (Lipinski definition) is 6. The zero-order valence-electron chi connectivity index (χ0n) is 24.6. The number of halogens is 2. The maximum Gasteiger partial charge on any atom is 0.339 e. The Morgan fingerprint density at radius 3 is 2.14 bits per heavy atom. The largest absolute Gasteiger partial charge is 0.497 e. The number of nitrogens with zero attached hydrogens (tertiary/aromatic N) is 2. The van der Waals surface area contributed by atoms with Gasteiger partial charge < -0.3 is 19.5 Å². The van der Waals surface area contributed by atoms with Gasteiger partial charge >= 0.3 is 5.97 Å². The number of carboxylic acids is 1. The van der Waals surface area contributed by atoms with Crippen LogP contribution in [0.5, 0.6) is 11.5 Å². The molecular formula is C34H35BrClN3O5. The minimum atomic E-state index is -1.10. The molecule has 0 unspecified atom stereocenters. The van der Waals surface area contributed by atoms with Crippen molar-refractivity contribution in [1.82, 2.24) is 5.43 Å². The zero-order valence-corrected chi connectivity index (χ0v) is 27.0. The molecule has 0 saturated carbocycles. The fraction of sp³-hybridized carbons (Fsp3) is 0.235. The summed E-state index contributed by atoms with van der Waals surface area (Å²) in [6.07, 6.45) is 3.47. The van der Waals surface area contributed by atoms with E-state index in [9.17, 15) is 14.7 Å². The maximum absolute atomic E-state index is 13.6. The number of ether oxygens (including phenoxy) is 2. The monoisotopic (exact) mass is 679 g/mol. The molecule has 0 aromatic heterocycles. The molecule has 44 heavy (non-hydrogen) atoms. The number of carbonyl (C=O) groups excluding carboxylic acids is 1. The Morgan fingerprint density at radius 1 is 0.886 bits per heavy atom. The number of carboxylic acid groups (broad SMARTS) is 1. The van der Waals surface area contributed by atoms with Crippen LogP contribution in [0.4, 0.5) is 17.1 Å². The van der Waals surface area contributed by atoms with Gasteiger partial charge in [0.05, 0.1) is 37.7 Å². The van der Waals surface area contributed by atoms with Crippen LogP contribution in [0.1, 0.15) is 35.2 Å². The lowest BCUT2D eigenvalue weighted by Crippen LogP contribution is -2.41. The molecule has 0 radical (unpaired) electrons. The van der Waals surface area contributed by atoms with Crippen molar-refractivity contribution in [2.24, 2.45) is 0 Å².